The van der Waals surface area contributed by atoms with Gasteiger partial charge in [-0.15, -0.1) is 0 Å². The number of ether oxygens (including phenoxy) is 3. The van der Waals surface area contributed by atoms with Gasteiger partial charge in [-0.1, -0.05) is 49.8 Å². The third-order valence-corrected chi connectivity index (χ3v) is 5.25. The summed E-state index contributed by atoms with van der Waals surface area (Å²) in [6, 6.07) is 5.35. The second-order valence-corrected chi connectivity index (χ2v) is 7.49. The summed E-state index contributed by atoms with van der Waals surface area (Å²) in [5.74, 6) is 0.422. The molecule has 146 valence electrons. The van der Waals surface area contributed by atoms with E-state index >= 15 is 0 Å². The van der Waals surface area contributed by atoms with Gasteiger partial charge in [0.05, 0.1) is 25.7 Å². The standard InChI is InChI=1S/C19H23NO5S2/c1-4-5-6-9-25-17(21)12-20-18(22)16(27-19(20)26)11-13-7-8-14(23-2)15(10-13)24-3/h7-8,10-11H,4-6,9,12H2,1-3H3. The number of esters is 1. The van der Waals surface area contributed by atoms with Gasteiger partial charge in [-0.2, -0.15) is 0 Å². The smallest absolute Gasteiger partial charge is 0.326 e. The zero-order chi connectivity index (χ0) is 19.8. The Kier molecular flexibility index (Phi) is 8.12. The van der Waals surface area contributed by atoms with Crippen molar-refractivity contribution < 1.29 is 23.8 Å². The molecule has 1 amide bonds. The Bertz CT molecular complexity index is 748. The molecule has 27 heavy (non-hydrogen) atoms. The third kappa shape index (κ3) is 5.71. The number of thiocarbonyl (C=S) groups is 1. The first-order valence-corrected chi connectivity index (χ1v) is 9.85. The van der Waals surface area contributed by atoms with Gasteiger partial charge >= 0.3 is 5.97 Å². The van der Waals surface area contributed by atoms with Gasteiger partial charge in [0.2, 0.25) is 0 Å². The molecule has 2 rings (SSSR count). The molecule has 0 bridgehead atoms. The third-order valence-electron chi connectivity index (χ3n) is 3.88. The van der Waals surface area contributed by atoms with Crippen LogP contribution >= 0.6 is 24.0 Å². The average Bonchev–Trinajstić information content (AvgIpc) is 2.92. The van der Waals surface area contributed by atoms with E-state index in [1.807, 2.05) is 6.07 Å². The SMILES string of the molecule is CCCCCOC(=O)CN1C(=O)C(=Cc2ccc(OC)c(OC)c2)SC1=S. The van der Waals surface area contributed by atoms with E-state index in [1.54, 1.807) is 32.4 Å². The molecule has 8 heteroatoms. The molecule has 1 heterocycles. The van der Waals surface area contributed by atoms with Crippen molar-refractivity contribution >= 4 is 46.3 Å². The summed E-state index contributed by atoms with van der Waals surface area (Å²) in [7, 11) is 3.11. The number of methoxy groups -OCH3 is 2. The van der Waals surface area contributed by atoms with Crippen molar-refractivity contribution in [3.8, 4) is 11.5 Å². The lowest BCUT2D eigenvalue weighted by atomic mass is 10.2. The molecule has 1 aromatic rings. The maximum absolute atomic E-state index is 12.6. The largest absolute Gasteiger partial charge is 0.493 e. The molecular weight excluding hydrogens is 386 g/mol. The van der Waals surface area contributed by atoms with Crippen molar-refractivity contribution in [2.45, 2.75) is 26.2 Å². The first-order valence-electron chi connectivity index (χ1n) is 8.63. The topological polar surface area (TPSA) is 65.1 Å². The molecule has 6 nitrogen and oxygen atoms in total. The number of thioether (sulfide) groups is 1. The second kappa shape index (κ2) is 10.3. The molecule has 1 fully saturated rings. The first kappa shape index (κ1) is 21.2. The molecule has 1 saturated heterocycles. The van der Waals surface area contributed by atoms with Crippen LogP contribution in [0, 0.1) is 0 Å². The van der Waals surface area contributed by atoms with E-state index in [0.717, 1.165) is 36.6 Å². The molecule has 0 aromatic heterocycles. The van der Waals surface area contributed by atoms with Crippen molar-refractivity contribution in [3.63, 3.8) is 0 Å². The Morgan fingerprint density at radius 1 is 1.22 bits per heavy atom. The van der Waals surface area contributed by atoms with Crippen LogP contribution in [0.5, 0.6) is 11.5 Å². The molecule has 1 aliphatic heterocycles. The van der Waals surface area contributed by atoms with Gasteiger partial charge in [0, 0.05) is 0 Å². The minimum atomic E-state index is -0.449. The van der Waals surface area contributed by atoms with E-state index in [0.29, 0.717) is 27.3 Å². The summed E-state index contributed by atoms with van der Waals surface area (Å²) in [5, 5.41) is 0. The Balaban J connectivity index is 2.04. The fourth-order valence-electron chi connectivity index (χ4n) is 2.44. The lowest BCUT2D eigenvalue weighted by Gasteiger charge is -2.13. The van der Waals surface area contributed by atoms with Gasteiger partial charge in [0.1, 0.15) is 10.9 Å². The second-order valence-electron chi connectivity index (χ2n) is 5.81. The lowest BCUT2D eigenvalue weighted by Crippen LogP contribution is -2.34. The minimum Gasteiger partial charge on any atom is -0.493 e. The fraction of sp³-hybridized carbons (Fsp3) is 0.421. The van der Waals surface area contributed by atoms with Crippen LogP contribution in [0.4, 0.5) is 0 Å². The maximum Gasteiger partial charge on any atom is 0.326 e. The van der Waals surface area contributed by atoms with E-state index in [2.05, 4.69) is 6.92 Å². The number of carbonyl (C=O) groups excluding carboxylic acids is 2. The summed E-state index contributed by atoms with van der Waals surface area (Å²) in [4.78, 5) is 26.3. The first-order chi connectivity index (χ1) is 13.0. The Morgan fingerprint density at radius 2 is 1.96 bits per heavy atom. The van der Waals surface area contributed by atoms with Crippen molar-refractivity contribution in [2.75, 3.05) is 27.4 Å². The van der Waals surface area contributed by atoms with Gasteiger partial charge in [0.25, 0.3) is 5.91 Å². The quantitative estimate of drug-likeness (QED) is 0.267. The number of hydrogen-bond acceptors (Lipinski definition) is 7. The zero-order valence-corrected chi connectivity index (χ0v) is 17.3. The van der Waals surface area contributed by atoms with Crippen molar-refractivity contribution in [1.82, 2.24) is 4.90 Å². The summed E-state index contributed by atoms with van der Waals surface area (Å²) >= 11 is 6.41. The molecule has 0 atom stereocenters. The average molecular weight is 410 g/mol. The van der Waals surface area contributed by atoms with Crippen molar-refractivity contribution in [1.29, 1.82) is 0 Å². The number of hydrogen-bond donors (Lipinski definition) is 0. The monoisotopic (exact) mass is 409 g/mol. The van der Waals surface area contributed by atoms with Gasteiger partial charge in [0.15, 0.2) is 11.5 Å². The molecule has 0 aliphatic carbocycles. The highest BCUT2D eigenvalue weighted by molar-refractivity contribution is 8.26. The number of carbonyl (C=O) groups is 2. The molecular formula is C19H23NO5S2. The van der Waals surface area contributed by atoms with Crippen LogP contribution < -0.4 is 9.47 Å². The van der Waals surface area contributed by atoms with Crippen molar-refractivity contribution in [2.24, 2.45) is 0 Å². The minimum absolute atomic E-state index is 0.167. The van der Waals surface area contributed by atoms with E-state index in [9.17, 15) is 9.59 Å². The highest BCUT2D eigenvalue weighted by atomic mass is 32.2. The van der Waals surface area contributed by atoms with Crippen LogP contribution in [0.25, 0.3) is 6.08 Å². The van der Waals surface area contributed by atoms with Crippen LogP contribution in [0.15, 0.2) is 23.1 Å². The molecule has 1 aliphatic rings. The number of benzene rings is 1. The van der Waals surface area contributed by atoms with Gasteiger partial charge < -0.3 is 14.2 Å². The van der Waals surface area contributed by atoms with E-state index in [1.165, 1.54) is 4.90 Å². The number of amides is 1. The summed E-state index contributed by atoms with van der Waals surface area (Å²) in [6.07, 6.45) is 4.59. The Labute approximate surface area is 168 Å². The number of rotatable bonds is 9. The fourth-order valence-corrected chi connectivity index (χ4v) is 3.70. The zero-order valence-electron chi connectivity index (χ0n) is 15.6. The van der Waals surface area contributed by atoms with Gasteiger partial charge in [-0.3, -0.25) is 14.5 Å². The molecule has 0 N–H and O–H groups in total. The molecule has 0 radical (unpaired) electrons. The van der Waals surface area contributed by atoms with E-state index in [4.69, 9.17) is 26.4 Å². The molecule has 0 saturated carbocycles. The summed E-state index contributed by atoms with van der Waals surface area (Å²) in [5.41, 5.74) is 0.773. The summed E-state index contributed by atoms with van der Waals surface area (Å²) < 4.78 is 16.0. The van der Waals surface area contributed by atoms with Crippen molar-refractivity contribution in [3.05, 3.63) is 28.7 Å². The normalized spacial score (nSPS) is 15.4. The highest BCUT2D eigenvalue weighted by Gasteiger charge is 2.33. The lowest BCUT2D eigenvalue weighted by molar-refractivity contribution is -0.146. The predicted molar refractivity (Wildman–Crippen MR) is 110 cm³/mol. The maximum atomic E-state index is 12.6. The van der Waals surface area contributed by atoms with E-state index < -0.39 is 5.97 Å². The molecule has 0 spiro atoms. The van der Waals surface area contributed by atoms with Gasteiger partial charge in [-0.05, 0) is 30.2 Å². The van der Waals surface area contributed by atoms with E-state index in [-0.39, 0.29) is 12.5 Å². The number of nitrogens with zero attached hydrogens (tertiary/aromatic N) is 1. The van der Waals surface area contributed by atoms with Crippen LogP contribution in [0.2, 0.25) is 0 Å². The van der Waals surface area contributed by atoms with Crippen LogP contribution in [-0.2, 0) is 14.3 Å². The summed E-state index contributed by atoms with van der Waals surface area (Å²) in [6.45, 7) is 2.27. The Morgan fingerprint density at radius 3 is 2.63 bits per heavy atom. The van der Waals surface area contributed by atoms with Gasteiger partial charge in [-0.25, -0.2) is 0 Å². The van der Waals surface area contributed by atoms with Crippen LogP contribution in [0.1, 0.15) is 31.7 Å². The predicted octanol–water partition coefficient (Wildman–Crippen LogP) is 3.64. The number of unbranched alkanes of at least 4 members (excludes halogenated alkanes) is 2. The van der Waals surface area contributed by atoms with Crippen LogP contribution in [-0.4, -0.2) is 48.5 Å². The molecule has 1 aromatic carbocycles. The highest BCUT2D eigenvalue weighted by Crippen LogP contribution is 2.34. The van der Waals surface area contributed by atoms with Crippen LogP contribution in [0.3, 0.4) is 0 Å². The Hall–Kier alpha value is -2.06. The molecule has 0 unspecified atom stereocenters.